The Balaban J connectivity index is 1.66. The lowest BCUT2D eigenvalue weighted by Gasteiger charge is -2.22. The van der Waals surface area contributed by atoms with Crippen LogP contribution in [0.1, 0.15) is 16.2 Å². The van der Waals surface area contributed by atoms with Crippen LogP contribution in [-0.2, 0) is 17.8 Å². The Labute approximate surface area is 143 Å². The minimum atomic E-state index is -0.168. The summed E-state index contributed by atoms with van der Waals surface area (Å²) in [5, 5.41) is 5.71. The van der Waals surface area contributed by atoms with Crippen molar-refractivity contribution >= 4 is 28.5 Å². The lowest BCUT2D eigenvalue weighted by atomic mass is 10.2. The van der Waals surface area contributed by atoms with E-state index in [9.17, 15) is 4.79 Å². The van der Waals surface area contributed by atoms with Crippen LogP contribution in [-0.4, -0.2) is 40.3 Å². The fourth-order valence-electron chi connectivity index (χ4n) is 2.99. The van der Waals surface area contributed by atoms with E-state index in [2.05, 4.69) is 5.10 Å². The number of methoxy groups -OCH3 is 1. The van der Waals surface area contributed by atoms with Gasteiger partial charge in [0, 0.05) is 30.3 Å². The van der Waals surface area contributed by atoms with Crippen LogP contribution >= 0.6 is 11.6 Å². The molecule has 0 spiro atoms. The van der Waals surface area contributed by atoms with Crippen LogP contribution in [0.5, 0.6) is 0 Å². The zero-order valence-corrected chi connectivity index (χ0v) is 13.9. The maximum absolute atomic E-state index is 12.9. The fraction of sp³-hybridized carbons (Fsp3) is 0.294. The second kappa shape index (κ2) is 5.96. The van der Waals surface area contributed by atoms with Crippen LogP contribution in [0.25, 0.3) is 11.0 Å². The average molecular weight is 346 g/mol. The number of ether oxygens (including phenoxy) is 1. The van der Waals surface area contributed by atoms with E-state index in [-0.39, 0.29) is 12.0 Å². The number of halogens is 1. The molecule has 0 saturated carbocycles. The molecular formula is C17H16ClN3O3. The minimum absolute atomic E-state index is 0.117. The highest BCUT2D eigenvalue weighted by Crippen LogP contribution is 2.25. The Morgan fingerprint density at radius 2 is 2.21 bits per heavy atom. The van der Waals surface area contributed by atoms with E-state index in [0.29, 0.717) is 36.0 Å². The number of nitrogens with zero attached hydrogens (tertiary/aromatic N) is 3. The number of rotatable bonds is 2. The van der Waals surface area contributed by atoms with Crippen LogP contribution in [0.4, 0.5) is 0 Å². The van der Waals surface area contributed by atoms with Gasteiger partial charge in [-0.05, 0) is 30.3 Å². The van der Waals surface area contributed by atoms with E-state index in [1.54, 1.807) is 42.5 Å². The highest BCUT2D eigenvalue weighted by Gasteiger charge is 2.28. The van der Waals surface area contributed by atoms with Crippen molar-refractivity contribution in [1.82, 2.24) is 14.7 Å². The zero-order valence-electron chi connectivity index (χ0n) is 13.1. The monoisotopic (exact) mass is 345 g/mol. The first kappa shape index (κ1) is 15.2. The molecule has 3 heterocycles. The molecule has 0 fully saturated rings. The molecule has 0 radical (unpaired) electrons. The Morgan fingerprint density at radius 3 is 3.04 bits per heavy atom. The maximum Gasteiger partial charge on any atom is 0.290 e. The number of furan rings is 1. The van der Waals surface area contributed by atoms with Crippen LogP contribution in [0.3, 0.4) is 0 Å². The van der Waals surface area contributed by atoms with Crippen LogP contribution < -0.4 is 0 Å². The number of carbonyl (C=O) groups is 1. The molecule has 7 heteroatoms. The molecule has 6 nitrogen and oxygen atoms in total. The summed E-state index contributed by atoms with van der Waals surface area (Å²) in [5.41, 5.74) is 1.62. The van der Waals surface area contributed by atoms with Crippen molar-refractivity contribution in [1.29, 1.82) is 0 Å². The van der Waals surface area contributed by atoms with Gasteiger partial charge in [0.2, 0.25) is 0 Å². The van der Waals surface area contributed by atoms with E-state index in [4.69, 9.17) is 20.8 Å². The number of carbonyl (C=O) groups excluding carboxylic acids is 1. The summed E-state index contributed by atoms with van der Waals surface area (Å²) in [4.78, 5) is 14.6. The molecule has 24 heavy (non-hydrogen) atoms. The molecule has 0 bridgehead atoms. The first-order chi connectivity index (χ1) is 11.6. The Bertz CT molecular complexity index is 902. The summed E-state index contributed by atoms with van der Waals surface area (Å²) in [5.74, 6) is 0.133. The summed E-state index contributed by atoms with van der Waals surface area (Å²) in [6.45, 7) is 1.57. The first-order valence-electron chi connectivity index (χ1n) is 7.66. The van der Waals surface area contributed by atoms with Crippen molar-refractivity contribution in [2.45, 2.75) is 19.2 Å². The van der Waals surface area contributed by atoms with Gasteiger partial charge < -0.3 is 14.1 Å². The van der Waals surface area contributed by atoms with E-state index in [1.807, 2.05) is 10.7 Å². The fourth-order valence-corrected chi connectivity index (χ4v) is 3.18. The maximum atomic E-state index is 12.9. The largest absolute Gasteiger partial charge is 0.451 e. The lowest BCUT2D eigenvalue weighted by Crippen LogP contribution is -2.36. The summed E-state index contributed by atoms with van der Waals surface area (Å²) in [6.07, 6.45) is 1.62. The van der Waals surface area contributed by atoms with Gasteiger partial charge in [0.05, 0.1) is 24.9 Å². The second-order valence-electron chi connectivity index (χ2n) is 5.84. The van der Waals surface area contributed by atoms with Gasteiger partial charge in [0.15, 0.2) is 5.76 Å². The molecule has 3 aromatic rings. The molecule has 0 saturated heterocycles. The molecule has 0 aliphatic carbocycles. The number of amides is 1. The van der Waals surface area contributed by atoms with Gasteiger partial charge in [0.1, 0.15) is 5.58 Å². The Hall–Kier alpha value is -2.31. The van der Waals surface area contributed by atoms with Crippen LogP contribution in [0.15, 0.2) is 40.9 Å². The Kier molecular flexibility index (Phi) is 3.78. The normalized spacial score (nSPS) is 17.8. The summed E-state index contributed by atoms with van der Waals surface area (Å²) in [7, 11) is 1.64. The van der Waals surface area contributed by atoms with Gasteiger partial charge in [-0.2, -0.15) is 5.10 Å². The third-order valence-corrected chi connectivity index (χ3v) is 4.50. The van der Waals surface area contributed by atoms with E-state index < -0.39 is 0 Å². The summed E-state index contributed by atoms with van der Waals surface area (Å²) < 4.78 is 13.1. The molecular weight excluding hydrogens is 330 g/mol. The second-order valence-corrected chi connectivity index (χ2v) is 6.28. The summed E-state index contributed by atoms with van der Waals surface area (Å²) >= 11 is 6.00. The first-order valence-corrected chi connectivity index (χ1v) is 8.03. The van der Waals surface area contributed by atoms with Crippen LogP contribution in [0, 0.1) is 0 Å². The molecule has 0 N–H and O–H groups in total. The molecule has 1 amide bonds. The van der Waals surface area contributed by atoms with Gasteiger partial charge in [-0.1, -0.05) is 11.6 Å². The summed E-state index contributed by atoms with van der Waals surface area (Å²) in [6, 6.07) is 8.94. The Morgan fingerprint density at radius 1 is 1.33 bits per heavy atom. The van der Waals surface area contributed by atoms with Crippen molar-refractivity contribution < 1.29 is 13.9 Å². The number of hydrogen-bond donors (Lipinski definition) is 0. The van der Waals surface area contributed by atoms with Gasteiger partial charge in [-0.3, -0.25) is 9.48 Å². The molecule has 1 aromatic carbocycles. The van der Waals surface area contributed by atoms with Crippen molar-refractivity contribution in [3.05, 3.63) is 53.0 Å². The number of benzene rings is 1. The molecule has 1 unspecified atom stereocenters. The molecule has 124 valence electrons. The van der Waals surface area contributed by atoms with Crippen molar-refractivity contribution in [2.24, 2.45) is 0 Å². The third-order valence-electron chi connectivity index (χ3n) is 4.27. The standard InChI is InChI=1S/C17H16ClN3O3/c1-23-14-9-20(8-13-4-5-19-21(13)10-14)17(22)16-7-11-6-12(18)2-3-15(11)24-16/h2-7,14H,8-10H2,1H3. The minimum Gasteiger partial charge on any atom is -0.451 e. The SMILES string of the molecule is COC1CN(C(=O)c2cc3cc(Cl)ccc3o2)Cc2ccnn2C1. The zero-order chi connectivity index (χ0) is 16.7. The van der Waals surface area contributed by atoms with Gasteiger partial charge >= 0.3 is 0 Å². The number of hydrogen-bond acceptors (Lipinski definition) is 4. The van der Waals surface area contributed by atoms with E-state index in [1.165, 1.54) is 0 Å². The van der Waals surface area contributed by atoms with Crippen molar-refractivity contribution in [3.63, 3.8) is 0 Å². The quantitative estimate of drug-likeness (QED) is 0.716. The average Bonchev–Trinajstić information content (AvgIpc) is 3.15. The molecule has 1 atom stereocenters. The lowest BCUT2D eigenvalue weighted by molar-refractivity contribution is 0.0432. The van der Waals surface area contributed by atoms with Gasteiger partial charge in [-0.25, -0.2) is 0 Å². The highest BCUT2D eigenvalue weighted by molar-refractivity contribution is 6.31. The van der Waals surface area contributed by atoms with Gasteiger partial charge in [-0.15, -0.1) is 0 Å². The van der Waals surface area contributed by atoms with Crippen LogP contribution in [0.2, 0.25) is 5.02 Å². The topological polar surface area (TPSA) is 60.5 Å². The van der Waals surface area contributed by atoms with E-state index in [0.717, 1.165) is 11.1 Å². The molecule has 1 aliphatic rings. The molecule has 2 aromatic heterocycles. The highest BCUT2D eigenvalue weighted by atomic mass is 35.5. The molecule has 1 aliphatic heterocycles. The van der Waals surface area contributed by atoms with Crippen molar-refractivity contribution in [2.75, 3.05) is 13.7 Å². The number of aromatic nitrogens is 2. The predicted octanol–water partition coefficient (Wildman–Crippen LogP) is 2.95. The predicted molar refractivity (Wildman–Crippen MR) is 89.0 cm³/mol. The van der Waals surface area contributed by atoms with E-state index >= 15 is 0 Å². The number of fused-ring (bicyclic) bond motifs is 2. The van der Waals surface area contributed by atoms with Crippen molar-refractivity contribution in [3.8, 4) is 0 Å². The smallest absolute Gasteiger partial charge is 0.290 e. The van der Waals surface area contributed by atoms with Gasteiger partial charge in [0.25, 0.3) is 5.91 Å². The molecule has 4 rings (SSSR count). The third kappa shape index (κ3) is 2.68.